The number of halogens is 1. The Morgan fingerprint density at radius 2 is 1.67 bits per heavy atom. The average Bonchev–Trinajstić information content (AvgIpc) is 2.96. The molecule has 3 amide bonds. The number of hydrogen-bond donors (Lipinski definition) is 0. The van der Waals surface area contributed by atoms with Crippen molar-refractivity contribution in [3.63, 3.8) is 0 Å². The van der Waals surface area contributed by atoms with Crippen molar-refractivity contribution in [3.05, 3.63) is 35.4 Å². The van der Waals surface area contributed by atoms with Gasteiger partial charge in [0.25, 0.3) is 17.7 Å². The number of methoxy groups -OCH3 is 1. The number of nitrogens with zero attached hydrogens (tertiary/aromatic N) is 2. The van der Waals surface area contributed by atoms with Crippen LogP contribution < -0.4 is 0 Å². The topological polar surface area (TPSA) is 110 Å². The Bertz CT molecular complexity index is 916. The summed E-state index contributed by atoms with van der Waals surface area (Å²) in [5.74, 6) is -3.46. The Hall–Kier alpha value is -2.40. The number of fused-ring (bicyclic) bond motifs is 1. The molecule has 3 atom stereocenters. The summed E-state index contributed by atoms with van der Waals surface area (Å²) in [4.78, 5) is 64.9. The van der Waals surface area contributed by atoms with Crippen LogP contribution in [0.15, 0.2) is 24.3 Å². The van der Waals surface area contributed by atoms with Crippen molar-refractivity contribution < 1.29 is 33.4 Å². The van der Waals surface area contributed by atoms with Gasteiger partial charge in [0.15, 0.2) is 6.04 Å². The van der Waals surface area contributed by atoms with Gasteiger partial charge in [-0.2, -0.15) is 0 Å². The summed E-state index contributed by atoms with van der Waals surface area (Å²) in [5.41, 5.74) is 0.326. The second-order valence-electron chi connectivity index (χ2n) is 7.32. The van der Waals surface area contributed by atoms with Crippen LogP contribution in [0.2, 0.25) is 0 Å². The van der Waals surface area contributed by atoms with E-state index in [0.717, 1.165) is 26.9 Å². The molecule has 1 aromatic rings. The minimum Gasteiger partial charge on any atom is -0.467 e. The zero-order valence-electron chi connectivity index (χ0n) is 16.6. The van der Waals surface area contributed by atoms with Crippen molar-refractivity contribution in [2.24, 2.45) is 0 Å². The van der Waals surface area contributed by atoms with E-state index in [1.807, 2.05) is 0 Å². The van der Waals surface area contributed by atoms with Crippen molar-refractivity contribution >= 4 is 54.7 Å². The lowest BCUT2D eigenvalue weighted by atomic mass is 9.92. The monoisotopic (exact) mass is 498 g/mol. The molecule has 0 N–H and O–H groups in total. The molecule has 1 fully saturated rings. The van der Waals surface area contributed by atoms with Crippen LogP contribution in [-0.2, 0) is 23.9 Å². The third-order valence-corrected chi connectivity index (χ3v) is 8.13. The van der Waals surface area contributed by atoms with Crippen LogP contribution in [0.25, 0.3) is 0 Å². The van der Waals surface area contributed by atoms with Crippen LogP contribution in [0, 0.1) is 0 Å². The van der Waals surface area contributed by atoms with Crippen LogP contribution in [0.5, 0.6) is 0 Å². The number of β-lactam (4-membered cyclic amide) rings is 1. The molecule has 0 spiro atoms. The maximum absolute atomic E-state index is 13.2. The molecular weight excluding hydrogens is 480 g/mol. The Balaban J connectivity index is 2.01. The van der Waals surface area contributed by atoms with Gasteiger partial charge in [0.05, 0.1) is 23.0 Å². The lowest BCUT2D eigenvalue weighted by molar-refractivity contribution is -0.207. The third kappa shape index (κ3) is 3.39. The second kappa shape index (κ2) is 8.03. The van der Waals surface area contributed by atoms with E-state index in [2.05, 4.69) is 14.8 Å². The van der Waals surface area contributed by atoms with Crippen LogP contribution in [0.3, 0.4) is 0 Å². The van der Waals surface area contributed by atoms with E-state index in [4.69, 9.17) is 9.47 Å². The first kappa shape index (κ1) is 22.3. The molecule has 9 nitrogen and oxygen atoms in total. The van der Waals surface area contributed by atoms with Gasteiger partial charge in [-0.1, -0.05) is 22.3 Å². The smallest absolute Gasteiger partial charge is 0.330 e. The van der Waals surface area contributed by atoms with Gasteiger partial charge >= 0.3 is 11.9 Å². The van der Waals surface area contributed by atoms with Crippen LogP contribution >= 0.6 is 25.0 Å². The van der Waals surface area contributed by atoms with Crippen molar-refractivity contribution in [2.45, 2.75) is 43.8 Å². The average molecular weight is 499 g/mol. The van der Waals surface area contributed by atoms with Gasteiger partial charge < -0.3 is 9.47 Å². The molecule has 1 saturated heterocycles. The van der Waals surface area contributed by atoms with Crippen LogP contribution in [0.4, 0.5) is 0 Å². The minimum atomic E-state index is -1.37. The standard InChI is InChI=1S/C19H19BrN2O7S/c1-9(23)29-17-12(21-14(24)10-7-5-6-8-11(10)15(21)25)16(26)22(17)13(18(27)28-4)19(2,3)30-20/h5-8,12-13,17H,1-4H3. The molecule has 0 saturated carbocycles. The highest BCUT2D eigenvalue weighted by molar-refractivity contribution is 9.50. The molecule has 11 heteroatoms. The van der Waals surface area contributed by atoms with Crippen LogP contribution in [0.1, 0.15) is 41.5 Å². The van der Waals surface area contributed by atoms with Crippen molar-refractivity contribution in [3.8, 4) is 0 Å². The molecule has 160 valence electrons. The molecule has 0 bridgehead atoms. The van der Waals surface area contributed by atoms with Gasteiger partial charge in [-0.3, -0.25) is 29.0 Å². The number of ether oxygens (including phenoxy) is 2. The maximum Gasteiger partial charge on any atom is 0.330 e. The summed E-state index contributed by atoms with van der Waals surface area (Å²) >= 11 is 3.25. The van der Waals surface area contributed by atoms with E-state index in [1.54, 1.807) is 26.0 Å². The van der Waals surface area contributed by atoms with E-state index in [-0.39, 0.29) is 11.1 Å². The number of carbonyl (C=O) groups is 5. The molecule has 2 aliphatic rings. The van der Waals surface area contributed by atoms with E-state index in [9.17, 15) is 24.0 Å². The summed E-state index contributed by atoms with van der Waals surface area (Å²) in [6, 6.07) is 3.67. The van der Waals surface area contributed by atoms with Gasteiger partial charge in [-0.05, 0) is 40.8 Å². The Morgan fingerprint density at radius 3 is 2.10 bits per heavy atom. The van der Waals surface area contributed by atoms with Crippen molar-refractivity contribution in [1.29, 1.82) is 0 Å². The van der Waals surface area contributed by atoms with Gasteiger partial charge in [0.2, 0.25) is 6.23 Å². The summed E-state index contributed by atoms with van der Waals surface area (Å²) in [6.07, 6.45) is -1.32. The van der Waals surface area contributed by atoms with Crippen molar-refractivity contribution in [1.82, 2.24) is 9.80 Å². The number of benzene rings is 1. The quantitative estimate of drug-likeness (QED) is 0.331. The molecule has 0 radical (unpaired) electrons. The molecule has 0 aromatic heterocycles. The van der Waals surface area contributed by atoms with Crippen LogP contribution in [-0.4, -0.2) is 69.6 Å². The fourth-order valence-corrected chi connectivity index (χ4v) is 4.45. The van der Waals surface area contributed by atoms with Crippen molar-refractivity contribution in [2.75, 3.05) is 7.11 Å². The van der Waals surface area contributed by atoms with E-state index < -0.39 is 52.7 Å². The Kier molecular flexibility index (Phi) is 5.96. The van der Waals surface area contributed by atoms with E-state index in [0.29, 0.717) is 0 Å². The summed E-state index contributed by atoms with van der Waals surface area (Å²) in [6.45, 7) is 4.53. The van der Waals surface area contributed by atoms with Gasteiger partial charge in [0, 0.05) is 6.92 Å². The first-order valence-corrected chi connectivity index (χ1v) is 11.6. The summed E-state index contributed by atoms with van der Waals surface area (Å²) < 4.78 is 9.27. The Morgan fingerprint density at radius 1 is 1.13 bits per heavy atom. The summed E-state index contributed by atoms with van der Waals surface area (Å²) in [7, 11) is 2.31. The number of amides is 3. The van der Waals surface area contributed by atoms with Gasteiger partial charge in [0.1, 0.15) is 6.04 Å². The number of rotatable bonds is 6. The minimum absolute atomic E-state index is 0.163. The molecule has 3 rings (SSSR count). The number of carbonyl (C=O) groups excluding carboxylic acids is 5. The number of imide groups is 1. The Labute approximate surface area is 184 Å². The fraction of sp³-hybridized carbons (Fsp3) is 0.421. The maximum atomic E-state index is 13.2. The highest BCUT2D eigenvalue weighted by Crippen LogP contribution is 2.42. The normalized spacial score (nSPS) is 21.8. The lowest BCUT2D eigenvalue weighted by Crippen LogP contribution is -2.77. The lowest BCUT2D eigenvalue weighted by Gasteiger charge is -2.52. The molecule has 0 aliphatic carbocycles. The van der Waals surface area contributed by atoms with E-state index in [1.165, 1.54) is 19.2 Å². The predicted molar refractivity (Wildman–Crippen MR) is 110 cm³/mol. The fourth-order valence-electron chi connectivity index (χ4n) is 3.62. The highest BCUT2D eigenvalue weighted by atomic mass is 79.9. The highest BCUT2D eigenvalue weighted by Gasteiger charge is 2.63. The summed E-state index contributed by atoms with van der Waals surface area (Å²) in [5, 5.41) is 0. The molecular formula is C19H19BrN2O7S. The largest absolute Gasteiger partial charge is 0.467 e. The first-order valence-electron chi connectivity index (χ1n) is 8.90. The zero-order chi connectivity index (χ0) is 22.4. The molecule has 30 heavy (non-hydrogen) atoms. The molecule has 1 aromatic carbocycles. The molecule has 3 unspecified atom stereocenters. The number of esters is 2. The predicted octanol–water partition coefficient (Wildman–Crippen LogP) is 1.75. The second-order valence-corrected chi connectivity index (χ2v) is 9.50. The van der Waals surface area contributed by atoms with E-state index >= 15 is 0 Å². The number of likely N-dealkylation sites (tertiary alicyclic amines) is 1. The first-order chi connectivity index (χ1) is 14.1. The third-order valence-electron chi connectivity index (χ3n) is 5.00. The molecule has 2 heterocycles. The van der Waals surface area contributed by atoms with Gasteiger partial charge in [-0.15, -0.1) is 0 Å². The zero-order valence-corrected chi connectivity index (χ0v) is 19.0. The van der Waals surface area contributed by atoms with Gasteiger partial charge in [-0.25, -0.2) is 4.79 Å². The molecule has 2 aliphatic heterocycles. The number of hydrogen-bond acceptors (Lipinski definition) is 8. The SMILES string of the molecule is COC(=O)C(N1C(=O)C(N2C(=O)c3ccccc3C2=O)C1OC(C)=O)C(C)(C)SBr.